The Morgan fingerprint density at radius 3 is 2.43 bits per heavy atom. The molecule has 1 atom stereocenters. The van der Waals surface area contributed by atoms with Gasteiger partial charge in [-0.1, -0.05) is 96.8 Å². The first-order valence-corrected chi connectivity index (χ1v) is 9.59. The Balaban J connectivity index is 1.67. The van der Waals surface area contributed by atoms with Gasteiger partial charge in [-0.05, 0) is 33.5 Å². The topological polar surface area (TPSA) is 3.24 Å². The number of nitrogens with zero attached hydrogens (tertiary/aromatic N) is 1. The Hall–Kier alpha value is -3.76. The summed E-state index contributed by atoms with van der Waals surface area (Å²) in [6.07, 6.45) is 2.05. The summed E-state index contributed by atoms with van der Waals surface area (Å²) in [5, 5.41) is 2.57. The lowest BCUT2D eigenvalue weighted by atomic mass is 9.83. The maximum absolute atomic E-state index is 3.48. The lowest BCUT2D eigenvalue weighted by Gasteiger charge is -2.40. The highest BCUT2D eigenvalue weighted by molar-refractivity contribution is 6.05. The van der Waals surface area contributed by atoms with Gasteiger partial charge in [0.25, 0.3) is 0 Å². The first-order chi connectivity index (χ1) is 13.9. The standard InChI is InChI=1S/C27H17N/c1-2-10-20(11-3-1)24-15-8-16-26-23-18-17-19-9-4-5-12-21(19)27(23)22-13-6-7-14-25(22)28(24)26/h1-7,9-15,17-18,26H. The van der Waals surface area contributed by atoms with Crippen molar-refractivity contribution in [3.05, 3.63) is 108 Å². The molecule has 0 bridgehead atoms. The first-order valence-electron chi connectivity index (χ1n) is 9.59. The molecule has 0 saturated heterocycles. The van der Waals surface area contributed by atoms with E-state index in [1.807, 2.05) is 0 Å². The molecule has 1 unspecified atom stereocenters. The van der Waals surface area contributed by atoms with Crippen LogP contribution in [0.3, 0.4) is 0 Å². The van der Waals surface area contributed by atoms with Gasteiger partial charge >= 0.3 is 0 Å². The molecule has 1 nitrogen and oxygen atoms in total. The molecule has 0 saturated carbocycles. The van der Waals surface area contributed by atoms with E-state index >= 15 is 0 Å². The van der Waals surface area contributed by atoms with Crippen molar-refractivity contribution in [3.8, 4) is 23.0 Å². The molecule has 0 N–H and O–H groups in total. The summed E-state index contributed by atoms with van der Waals surface area (Å²) in [6, 6.07) is 32.4. The van der Waals surface area contributed by atoms with Crippen molar-refractivity contribution in [1.29, 1.82) is 0 Å². The summed E-state index contributed by atoms with van der Waals surface area (Å²) < 4.78 is 0. The van der Waals surface area contributed by atoms with Gasteiger partial charge in [0.05, 0.1) is 11.4 Å². The molecule has 0 fully saturated rings. The molecular formula is C27H17N. The minimum absolute atomic E-state index is 0.0229. The molecular weight excluding hydrogens is 338 g/mol. The molecule has 6 rings (SSSR count). The van der Waals surface area contributed by atoms with Crippen molar-refractivity contribution >= 4 is 22.2 Å². The van der Waals surface area contributed by atoms with Gasteiger partial charge in [-0.15, -0.1) is 0 Å². The zero-order valence-electron chi connectivity index (χ0n) is 15.3. The molecule has 0 amide bonds. The molecule has 2 aliphatic rings. The van der Waals surface area contributed by atoms with E-state index in [1.165, 1.54) is 38.7 Å². The van der Waals surface area contributed by atoms with Crippen LogP contribution in [0.25, 0.3) is 27.6 Å². The summed E-state index contributed by atoms with van der Waals surface area (Å²) in [5.41, 5.74) is 7.46. The van der Waals surface area contributed by atoms with Crippen LogP contribution in [0.4, 0.5) is 5.69 Å². The number of hydrogen-bond donors (Lipinski definition) is 0. The van der Waals surface area contributed by atoms with Crippen LogP contribution < -0.4 is 4.90 Å². The van der Waals surface area contributed by atoms with Crippen LogP contribution in [0, 0.1) is 11.8 Å². The third-order valence-corrected chi connectivity index (χ3v) is 5.70. The summed E-state index contributed by atoms with van der Waals surface area (Å²) in [5.74, 6) is 6.78. The number of benzene rings is 4. The largest absolute Gasteiger partial charge is 0.321 e. The number of fused-ring (bicyclic) bond motifs is 8. The van der Waals surface area contributed by atoms with Gasteiger partial charge in [0, 0.05) is 11.6 Å². The molecule has 0 aliphatic carbocycles. The van der Waals surface area contributed by atoms with E-state index < -0.39 is 0 Å². The Morgan fingerprint density at radius 2 is 1.50 bits per heavy atom. The predicted molar refractivity (Wildman–Crippen MR) is 117 cm³/mol. The number of hydrogen-bond acceptors (Lipinski definition) is 1. The Bertz CT molecular complexity index is 1320. The van der Waals surface area contributed by atoms with E-state index in [0.717, 1.165) is 5.70 Å². The van der Waals surface area contributed by atoms with Crippen LogP contribution in [0.1, 0.15) is 17.2 Å². The van der Waals surface area contributed by atoms with Crippen molar-refractivity contribution in [3.63, 3.8) is 0 Å². The normalized spacial score (nSPS) is 16.4. The van der Waals surface area contributed by atoms with Gasteiger partial charge in [0.1, 0.15) is 6.04 Å². The smallest absolute Gasteiger partial charge is 0.122 e. The van der Waals surface area contributed by atoms with E-state index in [1.54, 1.807) is 0 Å². The fraction of sp³-hybridized carbons (Fsp3) is 0.0370. The molecule has 1 heteroatoms. The molecule has 2 heterocycles. The van der Waals surface area contributed by atoms with E-state index in [4.69, 9.17) is 0 Å². The molecule has 130 valence electrons. The van der Waals surface area contributed by atoms with E-state index in [2.05, 4.69) is 114 Å². The second kappa shape index (κ2) is 5.87. The summed E-state index contributed by atoms with van der Waals surface area (Å²) >= 11 is 0. The Labute approximate surface area is 164 Å². The van der Waals surface area contributed by atoms with Gasteiger partial charge in [0.2, 0.25) is 0 Å². The van der Waals surface area contributed by atoms with Crippen molar-refractivity contribution in [2.45, 2.75) is 6.04 Å². The van der Waals surface area contributed by atoms with Gasteiger partial charge in [-0.2, -0.15) is 0 Å². The maximum Gasteiger partial charge on any atom is 0.122 e. The van der Waals surface area contributed by atoms with Crippen LogP contribution in [0.5, 0.6) is 0 Å². The van der Waals surface area contributed by atoms with E-state index in [9.17, 15) is 0 Å². The first kappa shape index (κ1) is 15.3. The maximum atomic E-state index is 3.48. The minimum Gasteiger partial charge on any atom is -0.321 e. The fourth-order valence-electron chi connectivity index (χ4n) is 4.49. The van der Waals surface area contributed by atoms with Crippen molar-refractivity contribution in [1.82, 2.24) is 0 Å². The second-order valence-corrected chi connectivity index (χ2v) is 7.22. The van der Waals surface area contributed by atoms with Crippen molar-refractivity contribution in [2.24, 2.45) is 0 Å². The fourth-order valence-corrected chi connectivity index (χ4v) is 4.49. The molecule has 4 aromatic carbocycles. The SMILES string of the molecule is C1#CC2c3ccc4ccccc4c3-c3ccccc3N2C(c2ccccc2)=C1. The number of anilines is 1. The van der Waals surface area contributed by atoms with Crippen LogP contribution in [0.2, 0.25) is 0 Å². The zero-order chi connectivity index (χ0) is 18.5. The highest BCUT2D eigenvalue weighted by atomic mass is 15.2. The average Bonchev–Trinajstić information content (AvgIpc) is 2.79. The quantitative estimate of drug-likeness (QED) is 0.356. The predicted octanol–water partition coefficient (Wildman–Crippen LogP) is 6.43. The van der Waals surface area contributed by atoms with Gasteiger partial charge in [-0.25, -0.2) is 0 Å². The molecule has 4 aromatic rings. The van der Waals surface area contributed by atoms with E-state index in [0.29, 0.717) is 0 Å². The van der Waals surface area contributed by atoms with Gasteiger partial charge < -0.3 is 4.90 Å². The molecule has 0 spiro atoms. The number of allylic oxidation sites excluding steroid dienone is 1. The molecule has 28 heavy (non-hydrogen) atoms. The minimum atomic E-state index is 0.0229. The molecule has 2 aliphatic heterocycles. The third-order valence-electron chi connectivity index (χ3n) is 5.70. The summed E-state index contributed by atoms with van der Waals surface area (Å²) in [4.78, 5) is 2.40. The zero-order valence-corrected chi connectivity index (χ0v) is 15.3. The number of para-hydroxylation sites is 1. The van der Waals surface area contributed by atoms with Crippen LogP contribution in [-0.2, 0) is 0 Å². The average molecular weight is 355 g/mol. The molecule has 0 aromatic heterocycles. The van der Waals surface area contributed by atoms with Gasteiger partial charge in [0.15, 0.2) is 0 Å². The highest BCUT2D eigenvalue weighted by Crippen LogP contribution is 2.50. The lowest BCUT2D eigenvalue weighted by Crippen LogP contribution is -2.31. The lowest BCUT2D eigenvalue weighted by molar-refractivity contribution is 0.870. The van der Waals surface area contributed by atoms with Crippen molar-refractivity contribution in [2.75, 3.05) is 4.90 Å². The van der Waals surface area contributed by atoms with Crippen LogP contribution in [-0.4, -0.2) is 0 Å². The van der Waals surface area contributed by atoms with Crippen LogP contribution in [0.15, 0.2) is 97.1 Å². The highest BCUT2D eigenvalue weighted by Gasteiger charge is 2.34. The summed E-state index contributed by atoms with van der Waals surface area (Å²) in [6.45, 7) is 0. The van der Waals surface area contributed by atoms with Crippen molar-refractivity contribution < 1.29 is 0 Å². The second-order valence-electron chi connectivity index (χ2n) is 7.22. The monoisotopic (exact) mass is 355 g/mol. The Morgan fingerprint density at radius 1 is 0.714 bits per heavy atom. The number of rotatable bonds is 1. The third kappa shape index (κ3) is 2.09. The summed E-state index contributed by atoms with van der Waals surface area (Å²) in [7, 11) is 0. The van der Waals surface area contributed by atoms with Crippen LogP contribution >= 0.6 is 0 Å². The van der Waals surface area contributed by atoms with E-state index in [-0.39, 0.29) is 6.04 Å². The Kier molecular flexibility index (Phi) is 3.21. The van der Waals surface area contributed by atoms with Gasteiger partial charge in [-0.3, -0.25) is 0 Å². The molecule has 0 radical (unpaired) electrons.